The topological polar surface area (TPSA) is 81.2 Å². The Labute approximate surface area is 163 Å². The molecule has 1 aliphatic heterocycles. The first-order valence-electron chi connectivity index (χ1n) is 8.26. The van der Waals surface area contributed by atoms with E-state index in [-0.39, 0.29) is 12.4 Å². The van der Waals surface area contributed by atoms with Gasteiger partial charge in [-0.1, -0.05) is 24.3 Å². The van der Waals surface area contributed by atoms with Crippen molar-refractivity contribution in [2.45, 2.75) is 17.8 Å². The van der Waals surface area contributed by atoms with E-state index >= 15 is 0 Å². The molecule has 4 N–H and O–H groups in total. The van der Waals surface area contributed by atoms with Gasteiger partial charge in [-0.2, -0.15) is 0 Å². The molecule has 0 aromatic heterocycles. The number of ether oxygens (including phenoxy) is 1. The Kier molecular flexibility index (Phi) is 6.62. The molecule has 2 aromatic rings. The summed E-state index contributed by atoms with van der Waals surface area (Å²) in [5.74, 6) is 0.360. The molecule has 0 bridgehead atoms. The van der Waals surface area contributed by atoms with Gasteiger partial charge < -0.3 is 9.84 Å². The second kappa shape index (κ2) is 9.15. The molecule has 7 nitrogen and oxygen atoms in total. The molecule has 0 radical (unpaired) electrons. The van der Waals surface area contributed by atoms with Crippen LogP contribution in [0.15, 0.2) is 58.5 Å². The van der Waals surface area contributed by atoms with E-state index < -0.39 is 6.36 Å². The zero-order valence-corrected chi connectivity index (χ0v) is 15.3. The first-order valence-corrected chi connectivity index (χ1v) is 9.08. The van der Waals surface area contributed by atoms with Gasteiger partial charge in [-0.15, -0.1) is 23.4 Å². The molecule has 2 aromatic carbocycles. The van der Waals surface area contributed by atoms with Gasteiger partial charge in [0.25, 0.3) is 0 Å². The molecule has 0 fully saturated rings. The van der Waals surface area contributed by atoms with Crippen molar-refractivity contribution < 1.29 is 23.0 Å². The van der Waals surface area contributed by atoms with E-state index in [1.807, 2.05) is 24.3 Å². The van der Waals surface area contributed by atoms with E-state index in [2.05, 4.69) is 25.5 Å². The average Bonchev–Trinajstić information content (AvgIpc) is 3.11. The van der Waals surface area contributed by atoms with Crippen molar-refractivity contribution in [1.82, 2.24) is 20.8 Å². The van der Waals surface area contributed by atoms with Gasteiger partial charge in [-0.3, -0.25) is 10.1 Å². The van der Waals surface area contributed by atoms with Gasteiger partial charge in [-0.05, 0) is 41.8 Å². The molecule has 0 spiro atoms. The maximum Gasteiger partial charge on any atom is 0.573 e. The predicted molar refractivity (Wildman–Crippen MR) is 98.9 cm³/mol. The van der Waals surface area contributed by atoms with E-state index in [1.165, 1.54) is 24.1 Å². The number of benzene rings is 2. The van der Waals surface area contributed by atoms with Crippen LogP contribution in [0.5, 0.6) is 5.75 Å². The molecule has 150 valence electrons. The Morgan fingerprint density at radius 2 is 1.82 bits per heavy atom. The van der Waals surface area contributed by atoms with E-state index in [0.29, 0.717) is 18.9 Å². The SMILES string of the molecule is OCCNSc1ccc(C2=NNN(Cc3ccc(OC(F)(F)F)cc3)N2)cc1. The second-order valence-electron chi connectivity index (χ2n) is 5.69. The van der Waals surface area contributed by atoms with Gasteiger partial charge in [0.2, 0.25) is 0 Å². The number of rotatable bonds is 8. The number of hydrogen-bond donors (Lipinski definition) is 4. The van der Waals surface area contributed by atoms with Crippen molar-refractivity contribution >= 4 is 17.8 Å². The van der Waals surface area contributed by atoms with Crippen molar-refractivity contribution in [2.24, 2.45) is 5.10 Å². The van der Waals surface area contributed by atoms with Gasteiger partial charge in [0.15, 0.2) is 5.84 Å². The Morgan fingerprint density at radius 1 is 1.11 bits per heavy atom. The largest absolute Gasteiger partial charge is 0.573 e. The number of hydrazine groups is 2. The predicted octanol–water partition coefficient (Wildman–Crippen LogP) is 2.36. The molecule has 0 unspecified atom stereocenters. The number of nitrogens with zero attached hydrogens (tertiary/aromatic N) is 2. The first-order chi connectivity index (χ1) is 13.4. The highest BCUT2D eigenvalue weighted by Crippen LogP contribution is 2.23. The fourth-order valence-corrected chi connectivity index (χ4v) is 2.96. The lowest BCUT2D eigenvalue weighted by molar-refractivity contribution is -0.274. The fraction of sp³-hybridized carbons (Fsp3) is 0.235. The summed E-state index contributed by atoms with van der Waals surface area (Å²) >= 11 is 1.43. The molecule has 11 heteroatoms. The van der Waals surface area contributed by atoms with Gasteiger partial charge in [-0.25, -0.2) is 5.53 Å². The summed E-state index contributed by atoms with van der Waals surface area (Å²) in [5, 5.41) is 14.6. The number of amidine groups is 1. The lowest BCUT2D eigenvalue weighted by atomic mass is 10.2. The zero-order chi connectivity index (χ0) is 20.0. The standard InChI is InChI=1S/C17H18F3N5O2S/c18-17(19,20)27-14-5-1-12(2-6-14)11-25-23-16(22-24-25)13-3-7-15(8-4-13)28-21-9-10-26/h1-8,21,24,26H,9-11H2,(H,22,23). The summed E-state index contributed by atoms with van der Waals surface area (Å²) in [7, 11) is 0. The lowest BCUT2D eigenvalue weighted by Crippen LogP contribution is -2.40. The van der Waals surface area contributed by atoms with Crippen LogP contribution in [0.3, 0.4) is 0 Å². The average molecular weight is 413 g/mol. The molecule has 1 aliphatic rings. The van der Waals surface area contributed by atoms with Crippen LogP contribution in [0.2, 0.25) is 0 Å². The summed E-state index contributed by atoms with van der Waals surface area (Å²) in [5.41, 5.74) is 7.54. The summed E-state index contributed by atoms with van der Waals surface area (Å²) in [6, 6.07) is 13.3. The fourth-order valence-electron chi connectivity index (χ4n) is 2.33. The maximum absolute atomic E-state index is 12.2. The summed E-state index contributed by atoms with van der Waals surface area (Å²) in [6.45, 7) is 0.951. The number of alkyl halides is 3. The monoisotopic (exact) mass is 413 g/mol. The molecular formula is C17H18F3N5O2S. The number of halogens is 3. The molecular weight excluding hydrogens is 395 g/mol. The number of aliphatic hydroxyl groups is 1. The highest BCUT2D eigenvalue weighted by molar-refractivity contribution is 7.97. The van der Waals surface area contributed by atoms with E-state index in [0.717, 1.165) is 16.0 Å². The van der Waals surface area contributed by atoms with Crippen LogP contribution < -0.4 is 20.4 Å². The Morgan fingerprint density at radius 3 is 2.46 bits per heavy atom. The van der Waals surface area contributed by atoms with Crippen LogP contribution in [0.4, 0.5) is 13.2 Å². The van der Waals surface area contributed by atoms with Crippen LogP contribution >= 0.6 is 11.9 Å². The van der Waals surface area contributed by atoms with Crippen molar-refractivity contribution in [3.63, 3.8) is 0 Å². The van der Waals surface area contributed by atoms with Gasteiger partial charge >= 0.3 is 6.36 Å². The highest BCUT2D eigenvalue weighted by atomic mass is 32.2. The molecule has 1 heterocycles. The van der Waals surface area contributed by atoms with Crippen LogP contribution in [0.25, 0.3) is 0 Å². The third-order valence-corrected chi connectivity index (χ3v) is 4.41. The molecule has 0 saturated carbocycles. The van der Waals surface area contributed by atoms with Crippen molar-refractivity contribution in [3.05, 3.63) is 59.7 Å². The normalized spacial score (nSPS) is 14.4. The Balaban J connectivity index is 1.51. The minimum absolute atomic E-state index is 0.0748. The number of aliphatic hydroxyl groups excluding tert-OH is 1. The van der Waals surface area contributed by atoms with Crippen molar-refractivity contribution in [2.75, 3.05) is 13.2 Å². The minimum atomic E-state index is -4.70. The Bertz CT molecular complexity index is 800. The molecule has 0 saturated heterocycles. The van der Waals surface area contributed by atoms with E-state index in [4.69, 9.17) is 5.11 Å². The van der Waals surface area contributed by atoms with Crippen LogP contribution in [-0.2, 0) is 6.54 Å². The van der Waals surface area contributed by atoms with Gasteiger partial charge in [0, 0.05) is 17.0 Å². The number of hydrogen-bond acceptors (Lipinski definition) is 8. The minimum Gasteiger partial charge on any atom is -0.406 e. The molecule has 0 aliphatic carbocycles. The molecule has 3 rings (SSSR count). The van der Waals surface area contributed by atoms with Gasteiger partial charge in [0.1, 0.15) is 5.75 Å². The van der Waals surface area contributed by atoms with E-state index in [9.17, 15) is 13.2 Å². The van der Waals surface area contributed by atoms with Crippen molar-refractivity contribution in [1.29, 1.82) is 0 Å². The van der Waals surface area contributed by atoms with Crippen LogP contribution in [0.1, 0.15) is 11.1 Å². The highest BCUT2D eigenvalue weighted by Gasteiger charge is 2.31. The molecule has 0 atom stereocenters. The third kappa shape index (κ3) is 6.02. The summed E-state index contributed by atoms with van der Waals surface area (Å²) in [6.07, 6.45) is -4.70. The maximum atomic E-state index is 12.2. The quantitative estimate of drug-likeness (QED) is 0.391. The third-order valence-electron chi connectivity index (χ3n) is 3.55. The number of hydrazone groups is 1. The zero-order valence-electron chi connectivity index (χ0n) is 14.5. The molecule has 0 amide bonds. The van der Waals surface area contributed by atoms with Gasteiger partial charge in [0.05, 0.1) is 13.2 Å². The summed E-state index contributed by atoms with van der Waals surface area (Å²) < 4.78 is 43.5. The van der Waals surface area contributed by atoms with Crippen LogP contribution in [0, 0.1) is 0 Å². The number of nitrogens with one attached hydrogen (secondary N) is 3. The Hall–Kier alpha value is -2.47. The van der Waals surface area contributed by atoms with E-state index in [1.54, 1.807) is 17.3 Å². The van der Waals surface area contributed by atoms with Crippen LogP contribution in [-0.4, -0.2) is 35.6 Å². The lowest BCUT2D eigenvalue weighted by Gasteiger charge is -2.16. The first kappa shape index (κ1) is 20.3. The van der Waals surface area contributed by atoms with Crippen molar-refractivity contribution in [3.8, 4) is 5.75 Å². The smallest absolute Gasteiger partial charge is 0.406 e. The molecule has 28 heavy (non-hydrogen) atoms. The summed E-state index contributed by atoms with van der Waals surface area (Å²) in [4.78, 5) is 1.00. The second-order valence-corrected chi connectivity index (χ2v) is 6.66.